The first kappa shape index (κ1) is 20.1. The van der Waals surface area contributed by atoms with E-state index in [0.29, 0.717) is 32.1 Å². The molecule has 1 aromatic heterocycles. The van der Waals surface area contributed by atoms with Crippen LogP contribution in [0.1, 0.15) is 0 Å². The van der Waals surface area contributed by atoms with Gasteiger partial charge in [-0.1, -0.05) is 18.2 Å². The topological polar surface area (TPSA) is 96.2 Å². The fourth-order valence-corrected chi connectivity index (χ4v) is 4.27. The highest BCUT2D eigenvalue weighted by atomic mass is 32.2. The number of pyridine rings is 1. The number of morpholine rings is 1. The summed E-state index contributed by atoms with van der Waals surface area (Å²) in [5.74, 6) is 0.551. The third-order valence-electron chi connectivity index (χ3n) is 4.52. The second-order valence-corrected chi connectivity index (χ2v) is 8.54. The van der Waals surface area contributed by atoms with E-state index in [2.05, 4.69) is 20.5 Å². The van der Waals surface area contributed by atoms with E-state index in [9.17, 15) is 8.42 Å². The van der Waals surface area contributed by atoms with Gasteiger partial charge in [-0.25, -0.2) is 13.4 Å². The molecule has 0 atom stereocenters. The van der Waals surface area contributed by atoms with Gasteiger partial charge in [-0.2, -0.15) is 14.5 Å². The highest BCUT2D eigenvalue weighted by Gasteiger charge is 2.26. The van der Waals surface area contributed by atoms with Crippen molar-refractivity contribution < 1.29 is 13.2 Å². The number of aromatic nitrogens is 1. The van der Waals surface area contributed by atoms with E-state index in [1.165, 1.54) is 10.5 Å². The molecular weight excluding hydrogens is 402 g/mol. The summed E-state index contributed by atoms with van der Waals surface area (Å²) in [4.78, 5) is 4.42. The maximum absolute atomic E-state index is 12.6. The Kier molecular flexibility index (Phi) is 6.12. The monoisotopic (exact) mass is 423 g/mol. The first-order valence-electron chi connectivity index (χ1n) is 9.49. The fourth-order valence-electron chi connectivity index (χ4n) is 2.91. The number of ether oxygens (including phenoxy) is 1. The van der Waals surface area contributed by atoms with Crippen LogP contribution >= 0.6 is 0 Å². The molecular formula is C21H21N5O3S. The molecule has 30 heavy (non-hydrogen) atoms. The van der Waals surface area contributed by atoms with Crippen molar-refractivity contribution in [2.45, 2.75) is 4.90 Å². The van der Waals surface area contributed by atoms with Gasteiger partial charge < -0.3 is 10.1 Å². The highest BCUT2D eigenvalue weighted by molar-refractivity contribution is 7.89. The molecule has 8 nitrogen and oxygen atoms in total. The van der Waals surface area contributed by atoms with Gasteiger partial charge in [0.2, 0.25) is 10.0 Å². The van der Waals surface area contributed by atoms with Gasteiger partial charge in [0.25, 0.3) is 0 Å². The SMILES string of the molecule is O=S(=O)(c1ccc(Nc2ccc(N=Nc3ccccc3)cc2)nc1)N1CCOCC1. The third-order valence-corrected chi connectivity index (χ3v) is 6.40. The zero-order valence-corrected chi connectivity index (χ0v) is 17.0. The minimum atomic E-state index is -3.55. The van der Waals surface area contributed by atoms with E-state index in [1.54, 1.807) is 12.1 Å². The van der Waals surface area contributed by atoms with E-state index in [4.69, 9.17) is 4.74 Å². The molecule has 0 radical (unpaired) electrons. The van der Waals surface area contributed by atoms with Gasteiger partial charge in [-0.05, 0) is 48.5 Å². The lowest BCUT2D eigenvalue weighted by Crippen LogP contribution is -2.40. The molecule has 0 aliphatic carbocycles. The predicted octanol–water partition coefficient (Wildman–Crippen LogP) is 4.26. The zero-order chi connectivity index (χ0) is 20.8. The van der Waals surface area contributed by atoms with Gasteiger partial charge in [-0.3, -0.25) is 0 Å². The van der Waals surface area contributed by atoms with Crippen molar-refractivity contribution in [1.29, 1.82) is 0 Å². The van der Waals surface area contributed by atoms with Crippen molar-refractivity contribution in [2.75, 3.05) is 31.6 Å². The van der Waals surface area contributed by atoms with Gasteiger partial charge in [-0.15, -0.1) is 0 Å². The molecule has 0 unspecified atom stereocenters. The molecule has 4 rings (SSSR count). The number of sulfonamides is 1. The Morgan fingerprint density at radius 2 is 1.53 bits per heavy atom. The van der Waals surface area contributed by atoms with Gasteiger partial charge in [0.05, 0.1) is 24.6 Å². The van der Waals surface area contributed by atoms with Gasteiger partial charge in [0.15, 0.2) is 0 Å². The maximum Gasteiger partial charge on any atom is 0.244 e. The Morgan fingerprint density at radius 1 is 0.867 bits per heavy atom. The van der Waals surface area contributed by atoms with E-state index in [1.807, 2.05) is 54.6 Å². The lowest BCUT2D eigenvalue weighted by atomic mass is 10.3. The molecule has 0 spiro atoms. The molecule has 2 aromatic carbocycles. The second-order valence-electron chi connectivity index (χ2n) is 6.60. The van der Waals surface area contributed by atoms with Crippen LogP contribution in [-0.2, 0) is 14.8 Å². The summed E-state index contributed by atoms with van der Waals surface area (Å²) < 4.78 is 31.9. The Hall–Kier alpha value is -3.14. The number of benzene rings is 2. The number of nitrogens with zero attached hydrogens (tertiary/aromatic N) is 4. The first-order chi connectivity index (χ1) is 14.6. The van der Waals surface area contributed by atoms with Crippen LogP contribution in [0.15, 0.2) is 88.1 Å². The predicted molar refractivity (Wildman–Crippen MR) is 114 cm³/mol. The van der Waals surface area contributed by atoms with Crippen molar-refractivity contribution in [1.82, 2.24) is 9.29 Å². The molecule has 0 amide bonds. The minimum Gasteiger partial charge on any atom is -0.379 e. The fraction of sp³-hybridized carbons (Fsp3) is 0.190. The van der Waals surface area contributed by atoms with Crippen LogP contribution in [0.5, 0.6) is 0 Å². The molecule has 1 aliphatic rings. The Bertz CT molecular complexity index is 1100. The first-order valence-corrected chi connectivity index (χ1v) is 10.9. The molecule has 1 saturated heterocycles. The van der Waals surface area contributed by atoms with Crippen LogP contribution in [0.3, 0.4) is 0 Å². The molecule has 1 aliphatic heterocycles. The van der Waals surface area contributed by atoms with Gasteiger partial charge in [0.1, 0.15) is 10.7 Å². The van der Waals surface area contributed by atoms with Crippen molar-refractivity contribution in [3.05, 3.63) is 72.9 Å². The maximum atomic E-state index is 12.6. The Balaban J connectivity index is 1.40. The minimum absolute atomic E-state index is 0.173. The van der Waals surface area contributed by atoms with Gasteiger partial charge in [0, 0.05) is 25.0 Å². The van der Waals surface area contributed by atoms with Crippen molar-refractivity contribution in [3.8, 4) is 0 Å². The average molecular weight is 423 g/mol. The van der Waals surface area contributed by atoms with Gasteiger partial charge >= 0.3 is 0 Å². The van der Waals surface area contributed by atoms with Crippen LogP contribution in [0.25, 0.3) is 0 Å². The molecule has 0 bridgehead atoms. The summed E-state index contributed by atoms with van der Waals surface area (Å²) in [5.41, 5.74) is 2.32. The third kappa shape index (κ3) is 4.88. The molecule has 3 aromatic rings. The molecule has 2 heterocycles. The van der Waals surface area contributed by atoms with Crippen LogP contribution < -0.4 is 5.32 Å². The number of rotatable bonds is 6. The van der Waals surface area contributed by atoms with Crippen LogP contribution in [0.4, 0.5) is 22.9 Å². The summed E-state index contributed by atoms with van der Waals surface area (Å²) >= 11 is 0. The number of hydrogen-bond acceptors (Lipinski definition) is 7. The lowest BCUT2D eigenvalue weighted by molar-refractivity contribution is 0.0730. The molecule has 154 valence electrons. The lowest BCUT2D eigenvalue weighted by Gasteiger charge is -2.25. The summed E-state index contributed by atoms with van der Waals surface area (Å²) in [7, 11) is -3.55. The quantitative estimate of drug-likeness (QED) is 0.598. The van der Waals surface area contributed by atoms with Crippen molar-refractivity contribution >= 4 is 32.9 Å². The van der Waals surface area contributed by atoms with E-state index in [-0.39, 0.29) is 4.90 Å². The van der Waals surface area contributed by atoms with Crippen LogP contribution in [0.2, 0.25) is 0 Å². The smallest absolute Gasteiger partial charge is 0.244 e. The Morgan fingerprint density at radius 3 is 2.17 bits per heavy atom. The number of nitrogens with one attached hydrogen (secondary N) is 1. The molecule has 9 heteroatoms. The number of anilines is 2. The standard InChI is InChI=1S/C21H21N5O3S/c27-30(28,26-12-14-29-15-13-26)20-10-11-21(22-16-20)23-17-6-8-19(9-7-17)25-24-18-4-2-1-3-5-18/h1-11,16H,12-15H2,(H,22,23). The number of azo groups is 1. The summed E-state index contributed by atoms with van der Waals surface area (Å²) in [6.07, 6.45) is 1.37. The largest absolute Gasteiger partial charge is 0.379 e. The highest BCUT2D eigenvalue weighted by Crippen LogP contribution is 2.23. The summed E-state index contributed by atoms with van der Waals surface area (Å²) in [6, 6.07) is 20.1. The van der Waals surface area contributed by atoms with E-state index >= 15 is 0 Å². The molecule has 0 saturated carbocycles. The Labute approximate surface area is 175 Å². The normalized spacial score (nSPS) is 15.3. The molecule has 1 fully saturated rings. The number of hydrogen-bond donors (Lipinski definition) is 1. The van der Waals surface area contributed by atoms with Crippen molar-refractivity contribution in [2.24, 2.45) is 10.2 Å². The zero-order valence-electron chi connectivity index (χ0n) is 16.2. The second kappa shape index (κ2) is 9.12. The summed E-state index contributed by atoms with van der Waals surface area (Å²) in [6.45, 7) is 1.53. The van der Waals surface area contributed by atoms with E-state index < -0.39 is 10.0 Å². The van der Waals surface area contributed by atoms with Crippen molar-refractivity contribution in [3.63, 3.8) is 0 Å². The van der Waals surface area contributed by atoms with Crippen LogP contribution in [-0.4, -0.2) is 44.0 Å². The van der Waals surface area contributed by atoms with E-state index in [0.717, 1.165) is 17.1 Å². The average Bonchev–Trinajstić information content (AvgIpc) is 2.80. The summed E-state index contributed by atoms with van der Waals surface area (Å²) in [5, 5.41) is 11.5. The van der Waals surface area contributed by atoms with Crippen LogP contribution in [0, 0.1) is 0 Å². The molecule has 1 N–H and O–H groups in total.